The quantitative estimate of drug-likeness (QED) is 0.918. The minimum atomic E-state index is 0.529. The zero-order chi connectivity index (χ0) is 13.7. The SMILES string of the molecule is CC(Nc1nc2ccccc2n1C)C1CC2CCC1C2. The molecule has 1 aromatic heterocycles. The first-order valence-corrected chi connectivity index (χ1v) is 7.90. The van der Waals surface area contributed by atoms with E-state index in [2.05, 4.69) is 48.1 Å². The molecule has 2 fully saturated rings. The molecule has 0 radical (unpaired) electrons. The lowest BCUT2D eigenvalue weighted by Crippen LogP contribution is -2.30. The van der Waals surface area contributed by atoms with Gasteiger partial charge in [-0.1, -0.05) is 18.6 Å². The molecule has 0 spiro atoms. The summed E-state index contributed by atoms with van der Waals surface area (Å²) in [5.74, 6) is 3.82. The summed E-state index contributed by atoms with van der Waals surface area (Å²) in [5, 5.41) is 3.68. The third-order valence-corrected chi connectivity index (χ3v) is 5.58. The largest absolute Gasteiger partial charge is 0.353 e. The molecule has 2 saturated carbocycles. The average molecular weight is 269 g/mol. The van der Waals surface area contributed by atoms with Crippen LogP contribution in [0.15, 0.2) is 24.3 Å². The molecular formula is C17H23N3. The Labute approximate surface area is 120 Å². The minimum Gasteiger partial charge on any atom is -0.353 e. The maximum absolute atomic E-state index is 4.74. The number of para-hydroxylation sites is 2. The number of rotatable bonds is 3. The fraction of sp³-hybridized carbons (Fsp3) is 0.588. The summed E-state index contributed by atoms with van der Waals surface area (Å²) in [6, 6.07) is 8.88. The van der Waals surface area contributed by atoms with Gasteiger partial charge in [-0.25, -0.2) is 4.98 Å². The van der Waals surface area contributed by atoms with Gasteiger partial charge in [-0.2, -0.15) is 0 Å². The Bertz CT molecular complexity index is 630. The van der Waals surface area contributed by atoms with Gasteiger partial charge in [0.1, 0.15) is 0 Å². The van der Waals surface area contributed by atoms with E-state index in [4.69, 9.17) is 4.98 Å². The van der Waals surface area contributed by atoms with Crippen molar-refractivity contribution >= 4 is 17.0 Å². The van der Waals surface area contributed by atoms with Crippen LogP contribution in [0.2, 0.25) is 0 Å². The van der Waals surface area contributed by atoms with Crippen molar-refractivity contribution in [2.45, 2.75) is 38.6 Å². The predicted octanol–water partition coefficient (Wildman–Crippen LogP) is 3.81. The molecule has 3 nitrogen and oxygen atoms in total. The molecule has 4 unspecified atom stereocenters. The lowest BCUT2D eigenvalue weighted by molar-refractivity contribution is 0.303. The van der Waals surface area contributed by atoms with Crippen molar-refractivity contribution < 1.29 is 0 Å². The van der Waals surface area contributed by atoms with E-state index >= 15 is 0 Å². The molecule has 1 aromatic carbocycles. The van der Waals surface area contributed by atoms with Gasteiger partial charge in [0.05, 0.1) is 11.0 Å². The van der Waals surface area contributed by atoms with Crippen LogP contribution < -0.4 is 5.32 Å². The Kier molecular flexibility index (Phi) is 2.76. The number of benzene rings is 1. The van der Waals surface area contributed by atoms with Crippen LogP contribution in [0, 0.1) is 17.8 Å². The van der Waals surface area contributed by atoms with Gasteiger partial charge in [0, 0.05) is 13.1 Å². The van der Waals surface area contributed by atoms with Gasteiger partial charge in [-0.15, -0.1) is 0 Å². The fourth-order valence-corrected chi connectivity index (χ4v) is 4.49. The topological polar surface area (TPSA) is 29.9 Å². The van der Waals surface area contributed by atoms with Crippen LogP contribution in [0.4, 0.5) is 5.95 Å². The normalized spacial score (nSPS) is 30.0. The molecule has 1 N–H and O–H groups in total. The van der Waals surface area contributed by atoms with Crippen LogP contribution >= 0.6 is 0 Å². The summed E-state index contributed by atoms with van der Waals surface area (Å²) >= 11 is 0. The predicted molar refractivity (Wildman–Crippen MR) is 82.7 cm³/mol. The molecule has 106 valence electrons. The maximum atomic E-state index is 4.74. The van der Waals surface area contributed by atoms with Crippen molar-refractivity contribution in [2.24, 2.45) is 24.8 Å². The Balaban J connectivity index is 1.56. The van der Waals surface area contributed by atoms with Crippen molar-refractivity contribution in [3.8, 4) is 0 Å². The van der Waals surface area contributed by atoms with Gasteiger partial charge < -0.3 is 9.88 Å². The van der Waals surface area contributed by atoms with Crippen molar-refractivity contribution in [2.75, 3.05) is 5.32 Å². The average Bonchev–Trinajstić information content (AvgIpc) is 3.15. The second-order valence-electron chi connectivity index (χ2n) is 6.75. The number of aryl methyl sites for hydroxylation is 1. The van der Waals surface area contributed by atoms with E-state index in [1.165, 1.54) is 31.2 Å². The standard InChI is InChI=1S/C17H23N3/c1-11(14-10-12-7-8-13(14)9-12)18-17-19-15-5-3-4-6-16(15)20(17)2/h3-6,11-14H,7-10H2,1-2H3,(H,18,19). The van der Waals surface area contributed by atoms with Gasteiger partial charge >= 0.3 is 0 Å². The Morgan fingerprint density at radius 3 is 2.80 bits per heavy atom. The summed E-state index contributed by atoms with van der Waals surface area (Å²) in [6.07, 6.45) is 5.81. The zero-order valence-corrected chi connectivity index (χ0v) is 12.3. The van der Waals surface area contributed by atoms with Crippen molar-refractivity contribution in [3.63, 3.8) is 0 Å². The van der Waals surface area contributed by atoms with E-state index in [0.29, 0.717) is 6.04 Å². The van der Waals surface area contributed by atoms with E-state index < -0.39 is 0 Å². The number of imidazole rings is 1. The molecule has 3 heteroatoms. The monoisotopic (exact) mass is 269 g/mol. The highest BCUT2D eigenvalue weighted by Crippen LogP contribution is 2.49. The molecule has 0 aliphatic heterocycles. The number of fused-ring (bicyclic) bond motifs is 3. The van der Waals surface area contributed by atoms with Crippen molar-refractivity contribution in [3.05, 3.63) is 24.3 Å². The van der Waals surface area contributed by atoms with E-state index in [0.717, 1.165) is 29.2 Å². The van der Waals surface area contributed by atoms with Gasteiger partial charge in [-0.3, -0.25) is 0 Å². The summed E-state index contributed by atoms with van der Waals surface area (Å²) in [7, 11) is 2.10. The number of nitrogens with zero attached hydrogens (tertiary/aromatic N) is 2. The van der Waals surface area contributed by atoms with Gasteiger partial charge in [0.2, 0.25) is 5.95 Å². The van der Waals surface area contributed by atoms with Gasteiger partial charge in [0.15, 0.2) is 0 Å². The lowest BCUT2D eigenvalue weighted by atomic mass is 9.84. The van der Waals surface area contributed by atoms with Gasteiger partial charge in [0.25, 0.3) is 0 Å². The molecule has 2 aliphatic rings. The summed E-state index contributed by atoms with van der Waals surface area (Å²) in [5.41, 5.74) is 2.28. The van der Waals surface area contributed by atoms with E-state index in [1.807, 2.05) is 0 Å². The first kappa shape index (κ1) is 12.2. The Hall–Kier alpha value is -1.51. The fourth-order valence-electron chi connectivity index (χ4n) is 4.49. The molecule has 1 heterocycles. The lowest BCUT2D eigenvalue weighted by Gasteiger charge is -2.28. The number of hydrogen-bond acceptors (Lipinski definition) is 2. The first-order valence-electron chi connectivity index (χ1n) is 7.90. The molecule has 0 amide bonds. The highest BCUT2D eigenvalue weighted by atomic mass is 15.2. The molecule has 0 saturated heterocycles. The maximum Gasteiger partial charge on any atom is 0.203 e. The number of aromatic nitrogens is 2. The van der Waals surface area contributed by atoms with E-state index in [1.54, 1.807) is 0 Å². The summed E-state index contributed by atoms with van der Waals surface area (Å²) in [4.78, 5) is 4.74. The molecule has 4 atom stereocenters. The van der Waals surface area contributed by atoms with E-state index in [9.17, 15) is 0 Å². The van der Waals surface area contributed by atoms with E-state index in [-0.39, 0.29) is 0 Å². The molecule has 2 bridgehead atoms. The van der Waals surface area contributed by atoms with Crippen LogP contribution in [-0.2, 0) is 7.05 Å². The van der Waals surface area contributed by atoms with Crippen LogP contribution in [0.25, 0.3) is 11.0 Å². The number of nitrogens with one attached hydrogen (secondary N) is 1. The summed E-state index contributed by atoms with van der Waals surface area (Å²) in [6.45, 7) is 2.34. The minimum absolute atomic E-state index is 0.529. The van der Waals surface area contributed by atoms with Crippen LogP contribution in [0.1, 0.15) is 32.6 Å². The second-order valence-corrected chi connectivity index (χ2v) is 6.75. The first-order chi connectivity index (χ1) is 9.72. The molecule has 4 rings (SSSR count). The van der Waals surface area contributed by atoms with Crippen LogP contribution in [0.3, 0.4) is 0 Å². The van der Waals surface area contributed by atoms with Crippen LogP contribution in [-0.4, -0.2) is 15.6 Å². The third kappa shape index (κ3) is 1.83. The second kappa shape index (κ2) is 4.51. The summed E-state index contributed by atoms with van der Waals surface area (Å²) < 4.78 is 2.18. The highest BCUT2D eigenvalue weighted by Gasteiger charge is 2.41. The van der Waals surface area contributed by atoms with Crippen molar-refractivity contribution in [1.82, 2.24) is 9.55 Å². The zero-order valence-electron chi connectivity index (χ0n) is 12.3. The number of hydrogen-bond donors (Lipinski definition) is 1. The molecule has 2 aromatic rings. The molecule has 20 heavy (non-hydrogen) atoms. The Morgan fingerprint density at radius 2 is 2.10 bits per heavy atom. The third-order valence-electron chi connectivity index (χ3n) is 5.58. The smallest absolute Gasteiger partial charge is 0.203 e. The number of anilines is 1. The van der Waals surface area contributed by atoms with Crippen LogP contribution in [0.5, 0.6) is 0 Å². The molecular weight excluding hydrogens is 246 g/mol. The highest BCUT2D eigenvalue weighted by molar-refractivity contribution is 5.78. The van der Waals surface area contributed by atoms with Gasteiger partial charge in [-0.05, 0) is 56.1 Å². The Morgan fingerprint density at radius 1 is 1.25 bits per heavy atom. The molecule has 2 aliphatic carbocycles. The van der Waals surface area contributed by atoms with Crippen molar-refractivity contribution in [1.29, 1.82) is 0 Å².